The number of nitrogens with zero attached hydrogens (tertiary/aromatic N) is 1. The molecule has 1 aliphatic heterocycles. The maximum absolute atomic E-state index is 10.1. The van der Waals surface area contributed by atoms with Crippen molar-refractivity contribution in [1.82, 2.24) is 4.90 Å². The highest BCUT2D eigenvalue weighted by Crippen LogP contribution is 2.48. The number of β-amino-alcohol motifs (C(OH)–C–C–N with tert-alkyl or cyclic N) is 1. The van der Waals surface area contributed by atoms with Crippen molar-refractivity contribution in [2.24, 2.45) is 5.41 Å². The first kappa shape index (κ1) is 10.4. The molecule has 1 saturated heterocycles. The molecule has 2 aliphatic rings. The molecular formula is C12H23NO. The lowest BCUT2D eigenvalue weighted by Crippen LogP contribution is -2.62. The molecule has 14 heavy (non-hydrogen) atoms. The Morgan fingerprint density at radius 2 is 2.00 bits per heavy atom. The summed E-state index contributed by atoms with van der Waals surface area (Å²) in [5.41, 5.74) is 0.238. The third-order valence-corrected chi connectivity index (χ3v) is 3.89. The van der Waals surface area contributed by atoms with E-state index in [1.807, 2.05) is 6.92 Å². The average molecular weight is 197 g/mol. The standard InChI is InChI=1S/C12H23NO/c1-3-5-11(2,14)8-13-9-12(10-13)6-4-7-12/h14H,3-10H2,1-2H3. The second kappa shape index (κ2) is 3.49. The van der Waals surface area contributed by atoms with E-state index in [0.29, 0.717) is 5.41 Å². The van der Waals surface area contributed by atoms with Gasteiger partial charge in [0, 0.05) is 19.6 Å². The Bertz CT molecular complexity index is 200. The van der Waals surface area contributed by atoms with Gasteiger partial charge in [-0.3, -0.25) is 4.90 Å². The Morgan fingerprint density at radius 1 is 1.36 bits per heavy atom. The molecule has 1 spiro atoms. The van der Waals surface area contributed by atoms with Gasteiger partial charge in [0.05, 0.1) is 5.60 Å². The molecule has 0 aromatic heterocycles. The van der Waals surface area contributed by atoms with Gasteiger partial charge in [0.2, 0.25) is 0 Å². The molecule has 2 rings (SSSR count). The zero-order valence-corrected chi connectivity index (χ0v) is 9.55. The third kappa shape index (κ3) is 1.96. The summed E-state index contributed by atoms with van der Waals surface area (Å²) in [5, 5.41) is 10.1. The van der Waals surface area contributed by atoms with Crippen molar-refractivity contribution >= 4 is 0 Å². The molecule has 2 fully saturated rings. The molecule has 2 nitrogen and oxygen atoms in total. The fourth-order valence-electron chi connectivity index (χ4n) is 3.11. The first-order valence-corrected chi connectivity index (χ1v) is 6.00. The molecule has 1 atom stereocenters. The highest BCUT2D eigenvalue weighted by atomic mass is 16.3. The van der Waals surface area contributed by atoms with Gasteiger partial charge in [0.15, 0.2) is 0 Å². The van der Waals surface area contributed by atoms with Crippen molar-refractivity contribution in [2.75, 3.05) is 19.6 Å². The minimum absolute atomic E-state index is 0.458. The topological polar surface area (TPSA) is 23.5 Å². The molecule has 2 heteroatoms. The van der Waals surface area contributed by atoms with Crippen molar-refractivity contribution in [3.05, 3.63) is 0 Å². The van der Waals surface area contributed by atoms with Gasteiger partial charge in [-0.25, -0.2) is 0 Å². The highest BCUT2D eigenvalue weighted by molar-refractivity contribution is 5.01. The smallest absolute Gasteiger partial charge is 0.0746 e. The number of rotatable bonds is 4. The third-order valence-electron chi connectivity index (χ3n) is 3.89. The summed E-state index contributed by atoms with van der Waals surface area (Å²) in [6, 6.07) is 0. The number of aliphatic hydroxyl groups is 1. The Labute approximate surface area is 87.3 Å². The summed E-state index contributed by atoms with van der Waals surface area (Å²) >= 11 is 0. The Morgan fingerprint density at radius 3 is 2.43 bits per heavy atom. The van der Waals surface area contributed by atoms with Crippen LogP contribution in [0.3, 0.4) is 0 Å². The SMILES string of the molecule is CCCC(C)(O)CN1CC2(CCC2)C1. The van der Waals surface area contributed by atoms with Crippen LogP contribution in [0.5, 0.6) is 0 Å². The number of likely N-dealkylation sites (tertiary alicyclic amines) is 1. The van der Waals surface area contributed by atoms with Crippen LogP contribution in [0, 0.1) is 5.41 Å². The fraction of sp³-hybridized carbons (Fsp3) is 1.00. The first-order valence-electron chi connectivity index (χ1n) is 6.00. The van der Waals surface area contributed by atoms with E-state index in [1.165, 1.54) is 32.4 Å². The highest BCUT2D eigenvalue weighted by Gasteiger charge is 2.48. The molecular weight excluding hydrogens is 174 g/mol. The molecule has 0 radical (unpaired) electrons. The van der Waals surface area contributed by atoms with E-state index in [0.717, 1.165) is 19.4 Å². The van der Waals surface area contributed by atoms with Crippen molar-refractivity contribution < 1.29 is 5.11 Å². The Balaban J connectivity index is 1.72. The van der Waals surface area contributed by atoms with E-state index < -0.39 is 5.60 Å². The van der Waals surface area contributed by atoms with Gasteiger partial charge in [-0.2, -0.15) is 0 Å². The van der Waals surface area contributed by atoms with Gasteiger partial charge in [-0.15, -0.1) is 0 Å². The van der Waals surface area contributed by atoms with E-state index in [-0.39, 0.29) is 0 Å². The van der Waals surface area contributed by atoms with E-state index >= 15 is 0 Å². The molecule has 82 valence electrons. The van der Waals surface area contributed by atoms with Crippen LogP contribution >= 0.6 is 0 Å². The summed E-state index contributed by atoms with van der Waals surface area (Å²) in [7, 11) is 0. The molecule has 0 bridgehead atoms. The van der Waals surface area contributed by atoms with Gasteiger partial charge in [-0.1, -0.05) is 19.8 Å². The lowest BCUT2D eigenvalue weighted by molar-refractivity contribution is -0.0981. The van der Waals surface area contributed by atoms with Crippen molar-refractivity contribution in [2.45, 2.75) is 51.6 Å². The number of hydrogen-bond acceptors (Lipinski definition) is 2. The normalized spacial score (nSPS) is 29.4. The van der Waals surface area contributed by atoms with Gasteiger partial charge in [0.1, 0.15) is 0 Å². The van der Waals surface area contributed by atoms with Crippen LogP contribution in [0.15, 0.2) is 0 Å². The molecule has 0 aromatic carbocycles. The van der Waals surface area contributed by atoms with Crippen LogP contribution in [-0.2, 0) is 0 Å². The second-order valence-corrected chi connectivity index (χ2v) is 5.75. The molecule has 1 aliphatic carbocycles. The lowest BCUT2D eigenvalue weighted by atomic mass is 9.63. The predicted molar refractivity (Wildman–Crippen MR) is 58.3 cm³/mol. The minimum atomic E-state index is -0.458. The molecule has 1 saturated carbocycles. The lowest BCUT2D eigenvalue weighted by Gasteiger charge is -2.57. The van der Waals surface area contributed by atoms with Gasteiger partial charge < -0.3 is 5.11 Å². The van der Waals surface area contributed by atoms with Gasteiger partial charge in [0.25, 0.3) is 0 Å². The van der Waals surface area contributed by atoms with E-state index in [1.54, 1.807) is 0 Å². The largest absolute Gasteiger partial charge is 0.389 e. The zero-order valence-electron chi connectivity index (χ0n) is 9.55. The van der Waals surface area contributed by atoms with E-state index in [9.17, 15) is 5.11 Å². The summed E-state index contributed by atoms with van der Waals surface area (Å²) in [4.78, 5) is 2.43. The van der Waals surface area contributed by atoms with Crippen LogP contribution in [-0.4, -0.2) is 35.2 Å². The van der Waals surface area contributed by atoms with Crippen LogP contribution < -0.4 is 0 Å². The summed E-state index contributed by atoms with van der Waals surface area (Å²) in [6.45, 7) is 7.47. The molecule has 0 amide bonds. The molecule has 0 aromatic rings. The summed E-state index contributed by atoms with van der Waals surface area (Å²) in [5.74, 6) is 0. The minimum Gasteiger partial charge on any atom is -0.389 e. The molecule has 1 heterocycles. The monoisotopic (exact) mass is 197 g/mol. The Kier molecular flexibility index (Phi) is 2.61. The molecule has 1 N–H and O–H groups in total. The van der Waals surface area contributed by atoms with E-state index in [4.69, 9.17) is 0 Å². The van der Waals surface area contributed by atoms with Crippen molar-refractivity contribution in [1.29, 1.82) is 0 Å². The first-order chi connectivity index (χ1) is 6.55. The maximum Gasteiger partial charge on any atom is 0.0746 e. The maximum atomic E-state index is 10.1. The van der Waals surface area contributed by atoms with Crippen molar-refractivity contribution in [3.8, 4) is 0 Å². The summed E-state index contributed by atoms with van der Waals surface area (Å²) < 4.78 is 0. The predicted octanol–water partition coefficient (Wildman–Crippen LogP) is 2.02. The van der Waals surface area contributed by atoms with E-state index in [2.05, 4.69) is 11.8 Å². The van der Waals surface area contributed by atoms with Crippen LogP contribution in [0.2, 0.25) is 0 Å². The van der Waals surface area contributed by atoms with Crippen LogP contribution in [0.25, 0.3) is 0 Å². The second-order valence-electron chi connectivity index (χ2n) is 5.75. The van der Waals surface area contributed by atoms with Crippen LogP contribution in [0.4, 0.5) is 0 Å². The summed E-state index contributed by atoms with van der Waals surface area (Å²) in [6.07, 6.45) is 6.29. The zero-order chi connectivity index (χ0) is 10.2. The molecule has 1 unspecified atom stereocenters. The van der Waals surface area contributed by atoms with Gasteiger partial charge in [-0.05, 0) is 31.6 Å². The Hall–Kier alpha value is -0.0800. The fourth-order valence-corrected chi connectivity index (χ4v) is 3.11. The van der Waals surface area contributed by atoms with Crippen molar-refractivity contribution in [3.63, 3.8) is 0 Å². The van der Waals surface area contributed by atoms with Gasteiger partial charge >= 0.3 is 0 Å². The quantitative estimate of drug-likeness (QED) is 0.745. The van der Waals surface area contributed by atoms with Crippen LogP contribution in [0.1, 0.15) is 46.0 Å². The average Bonchev–Trinajstić information content (AvgIpc) is 1.91. The number of hydrogen-bond donors (Lipinski definition) is 1.